The van der Waals surface area contributed by atoms with E-state index in [9.17, 15) is 4.79 Å². The van der Waals surface area contributed by atoms with Gasteiger partial charge in [0, 0.05) is 29.6 Å². The summed E-state index contributed by atoms with van der Waals surface area (Å²) in [5.74, 6) is 1.30. The number of nitrogens with one attached hydrogen (secondary N) is 2. The van der Waals surface area contributed by atoms with E-state index in [0.29, 0.717) is 24.7 Å². The minimum Gasteiger partial charge on any atom is -0.493 e. The van der Waals surface area contributed by atoms with Gasteiger partial charge in [0.15, 0.2) is 11.5 Å². The first-order chi connectivity index (χ1) is 15.1. The summed E-state index contributed by atoms with van der Waals surface area (Å²) in [7, 11) is 1.64. The van der Waals surface area contributed by atoms with E-state index < -0.39 is 0 Å². The summed E-state index contributed by atoms with van der Waals surface area (Å²) in [5.41, 5.74) is 4.24. The summed E-state index contributed by atoms with van der Waals surface area (Å²) < 4.78 is 11.3. The van der Waals surface area contributed by atoms with E-state index in [-0.39, 0.29) is 11.8 Å². The molecule has 1 atom stereocenters. The van der Waals surface area contributed by atoms with Gasteiger partial charge in [0.1, 0.15) is 0 Å². The molecule has 2 aromatic heterocycles. The highest BCUT2D eigenvalue weighted by Gasteiger charge is 2.22. The number of hydrogen-bond donors (Lipinski definition) is 2. The van der Waals surface area contributed by atoms with Crippen molar-refractivity contribution in [2.45, 2.75) is 19.8 Å². The molecule has 0 saturated carbocycles. The van der Waals surface area contributed by atoms with Gasteiger partial charge in [-0.3, -0.25) is 4.79 Å². The summed E-state index contributed by atoms with van der Waals surface area (Å²) in [6.45, 7) is 4.94. The normalized spacial score (nSPS) is 12.0. The highest BCUT2D eigenvalue weighted by atomic mass is 32.1. The van der Waals surface area contributed by atoms with Gasteiger partial charge in [-0.1, -0.05) is 24.3 Å². The van der Waals surface area contributed by atoms with Crippen molar-refractivity contribution >= 4 is 28.1 Å². The van der Waals surface area contributed by atoms with E-state index in [4.69, 9.17) is 9.47 Å². The number of aryl methyl sites for hydroxylation is 1. The zero-order chi connectivity index (χ0) is 21.8. The monoisotopic (exact) mass is 434 g/mol. The topological polar surface area (TPSA) is 63.3 Å². The van der Waals surface area contributed by atoms with Crippen LogP contribution in [0.3, 0.4) is 0 Å². The lowest BCUT2D eigenvalue weighted by atomic mass is 9.90. The Balaban J connectivity index is 1.71. The van der Waals surface area contributed by atoms with Gasteiger partial charge >= 0.3 is 0 Å². The number of aromatic nitrogens is 1. The second-order valence-electron chi connectivity index (χ2n) is 7.33. The van der Waals surface area contributed by atoms with E-state index in [1.54, 1.807) is 7.11 Å². The van der Waals surface area contributed by atoms with E-state index in [0.717, 1.165) is 32.5 Å². The average molecular weight is 435 g/mol. The summed E-state index contributed by atoms with van der Waals surface area (Å²) in [5, 5.41) is 6.22. The quantitative estimate of drug-likeness (QED) is 0.384. The summed E-state index contributed by atoms with van der Waals surface area (Å²) in [4.78, 5) is 16.9. The van der Waals surface area contributed by atoms with E-state index in [2.05, 4.69) is 22.4 Å². The maximum atomic E-state index is 12.8. The maximum Gasteiger partial charge on any atom is 0.261 e. The van der Waals surface area contributed by atoms with Crippen molar-refractivity contribution in [2.24, 2.45) is 0 Å². The van der Waals surface area contributed by atoms with Gasteiger partial charge in [0.05, 0.1) is 18.6 Å². The number of carbonyl (C=O) groups excluding carboxylic acids is 1. The molecule has 0 fully saturated rings. The van der Waals surface area contributed by atoms with Crippen molar-refractivity contribution in [3.05, 3.63) is 81.7 Å². The average Bonchev–Trinajstić information content (AvgIpc) is 3.41. The fraction of sp³-hybridized carbons (Fsp3) is 0.240. The standard InChI is InChI=1S/C25H26N2O3S/c1-4-30-22-10-9-17(13-23(22)29-3)19(14-27-25(28)24-16(2)11-12-31-24)20-15-26-21-8-6-5-7-18(20)21/h5-13,15,19,26H,4,14H2,1-3H3,(H,27,28). The summed E-state index contributed by atoms with van der Waals surface area (Å²) in [6.07, 6.45) is 2.03. The number of fused-ring (bicyclic) bond motifs is 1. The zero-order valence-corrected chi connectivity index (χ0v) is 18.7. The number of rotatable bonds is 8. The highest BCUT2D eigenvalue weighted by Crippen LogP contribution is 2.36. The lowest BCUT2D eigenvalue weighted by molar-refractivity contribution is 0.0956. The van der Waals surface area contributed by atoms with E-state index in [1.165, 1.54) is 11.3 Å². The van der Waals surface area contributed by atoms with Crippen LogP contribution in [0.25, 0.3) is 10.9 Å². The number of hydrogen-bond acceptors (Lipinski definition) is 4. The van der Waals surface area contributed by atoms with Crippen molar-refractivity contribution in [3.8, 4) is 11.5 Å². The minimum atomic E-state index is -0.0510. The number of carbonyl (C=O) groups is 1. The molecular formula is C25H26N2O3S. The van der Waals surface area contributed by atoms with Gasteiger partial charge in [-0.15, -0.1) is 11.3 Å². The number of aromatic amines is 1. The van der Waals surface area contributed by atoms with Crippen LogP contribution in [0, 0.1) is 6.92 Å². The van der Waals surface area contributed by atoms with Crippen molar-refractivity contribution in [2.75, 3.05) is 20.3 Å². The second-order valence-corrected chi connectivity index (χ2v) is 8.24. The molecular weight excluding hydrogens is 408 g/mol. The predicted octanol–water partition coefficient (Wildman–Crippen LogP) is 5.51. The van der Waals surface area contributed by atoms with Gasteiger partial charge in [-0.2, -0.15) is 0 Å². The molecule has 1 amide bonds. The second kappa shape index (κ2) is 9.27. The molecule has 0 bridgehead atoms. The van der Waals surface area contributed by atoms with Crippen LogP contribution >= 0.6 is 11.3 Å². The van der Waals surface area contributed by atoms with Gasteiger partial charge in [-0.05, 0) is 60.2 Å². The number of H-pyrrole nitrogens is 1. The van der Waals surface area contributed by atoms with Crippen LogP contribution in [-0.4, -0.2) is 31.2 Å². The molecule has 0 radical (unpaired) electrons. The SMILES string of the molecule is CCOc1ccc(C(CNC(=O)c2sccc2C)c2c[nH]c3ccccc23)cc1OC. The Kier molecular flexibility index (Phi) is 6.28. The van der Waals surface area contributed by atoms with Gasteiger partial charge in [0.25, 0.3) is 5.91 Å². The summed E-state index contributed by atoms with van der Waals surface area (Å²) in [6, 6.07) is 16.1. The summed E-state index contributed by atoms with van der Waals surface area (Å²) >= 11 is 1.46. The Morgan fingerprint density at radius 2 is 2.00 bits per heavy atom. The van der Waals surface area contributed by atoms with Crippen LogP contribution in [-0.2, 0) is 0 Å². The number of ether oxygens (including phenoxy) is 2. The minimum absolute atomic E-state index is 0.0461. The molecule has 0 aliphatic carbocycles. The molecule has 2 N–H and O–H groups in total. The third kappa shape index (κ3) is 4.30. The van der Waals surface area contributed by atoms with E-state index in [1.807, 2.05) is 61.8 Å². The Hall–Kier alpha value is -3.25. The van der Waals surface area contributed by atoms with Crippen LogP contribution < -0.4 is 14.8 Å². The predicted molar refractivity (Wildman–Crippen MR) is 126 cm³/mol. The molecule has 4 rings (SSSR count). The van der Waals surface area contributed by atoms with Crippen molar-refractivity contribution < 1.29 is 14.3 Å². The molecule has 1 unspecified atom stereocenters. The molecule has 0 aliphatic heterocycles. The Morgan fingerprint density at radius 1 is 1.16 bits per heavy atom. The zero-order valence-electron chi connectivity index (χ0n) is 17.9. The highest BCUT2D eigenvalue weighted by molar-refractivity contribution is 7.12. The molecule has 31 heavy (non-hydrogen) atoms. The first-order valence-electron chi connectivity index (χ1n) is 10.3. The number of amides is 1. The van der Waals surface area contributed by atoms with Gasteiger partial charge < -0.3 is 19.8 Å². The number of methoxy groups -OCH3 is 1. The van der Waals surface area contributed by atoms with Crippen molar-refractivity contribution in [3.63, 3.8) is 0 Å². The Bertz CT molecular complexity index is 1190. The number of thiophene rings is 1. The first kappa shape index (κ1) is 21.0. The number of para-hydroxylation sites is 1. The fourth-order valence-electron chi connectivity index (χ4n) is 3.85. The van der Waals surface area contributed by atoms with Crippen LogP contribution in [0.4, 0.5) is 0 Å². The molecule has 5 nitrogen and oxygen atoms in total. The maximum absolute atomic E-state index is 12.8. The van der Waals surface area contributed by atoms with E-state index >= 15 is 0 Å². The van der Waals surface area contributed by atoms with Gasteiger partial charge in [0.2, 0.25) is 0 Å². The first-order valence-corrected chi connectivity index (χ1v) is 11.2. The Labute approximate surface area is 186 Å². The third-order valence-electron chi connectivity index (χ3n) is 5.42. The molecule has 0 aliphatic rings. The molecule has 6 heteroatoms. The van der Waals surface area contributed by atoms with Crippen LogP contribution in [0.1, 0.15) is 39.2 Å². The third-order valence-corrected chi connectivity index (χ3v) is 6.44. The van der Waals surface area contributed by atoms with Crippen LogP contribution in [0.5, 0.6) is 11.5 Å². The van der Waals surface area contributed by atoms with Crippen LogP contribution in [0.2, 0.25) is 0 Å². The smallest absolute Gasteiger partial charge is 0.261 e. The Morgan fingerprint density at radius 3 is 2.74 bits per heavy atom. The molecule has 4 aromatic rings. The molecule has 0 saturated heterocycles. The molecule has 2 aromatic carbocycles. The fourth-order valence-corrected chi connectivity index (χ4v) is 4.69. The van der Waals surface area contributed by atoms with Crippen LogP contribution in [0.15, 0.2) is 60.1 Å². The van der Waals surface area contributed by atoms with Gasteiger partial charge in [-0.25, -0.2) is 0 Å². The molecule has 0 spiro atoms. The van der Waals surface area contributed by atoms with Crippen molar-refractivity contribution in [1.82, 2.24) is 10.3 Å². The largest absolute Gasteiger partial charge is 0.493 e. The van der Waals surface area contributed by atoms with Crippen molar-refractivity contribution in [1.29, 1.82) is 0 Å². The lowest BCUT2D eigenvalue weighted by Gasteiger charge is -2.20. The molecule has 2 heterocycles. The lowest BCUT2D eigenvalue weighted by Crippen LogP contribution is -2.28. The number of benzene rings is 2. The molecule has 160 valence electrons.